The van der Waals surface area contributed by atoms with Gasteiger partial charge >= 0.3 is 128 Å². The molecule has 0 amide bonds. The van der Waals surface area contributed by atoms with Crippen LogP contribution in [0.2, 0.25) is 0 Å². The number of carbonyl (C=O) groups is 2. The number of rotatable bonds is 0. The quantitative estimate of drug-likeness (QED) is 0.288. The van der Waals surface area contributed by atoms with Crippen molar-refractivity contribution in [3.8, 4) is 0 Å². The van der Waals surface area contributed by atoms with Crippen LogP contribution in [0.15, 0.2) is 0 Å². The van der Waals surface area contributed by atoms with Crippen LogP contribution in [-0.2, 0) is 58.4 Å². The van der Waals surface area contributed by atoms with E-state index in [0.29, 0.717) is 0 Å². The normalized spacial score (nSPS) is 2.53. The van der Waals surface area contributed by atoms with Gasteiger partial charge in [0.2, 0.25) is 0 Å². The van der Waals surface area contributed by atoms with Crippen LogP contribution in [0.5, 0.6) is 0 Å². The summed E-state index contributed by atoms with van der Waals surface area (Å²) in [6.07, 6.45) is -4.67. The van der Waals surface area contributed by atoms with Crippen molar-refractivity contribution in [2.45, 2.75) is 0 Å². The van der Waals surface area contributed by atoms with E-state index in [4.69, 9.17) is 30.0 Å². The number of hydrogen-bond donors (Lipinski definition) is 0. The smallest absolute Gasteiger partial charge is 1.00 e. The molecule has 19 heavy (non-hydrogen) atoms. The monoisotopic (exact) mass is 505 g/mol. The molecule has 0 fully saturated rings. The molecule has 2 N–H and O–H groups in total. The molecule has 0 spiro atoms. The van der Waals surface area contributed by atoms with Gasteiger partial charge in [-0.15, -0.1) is 0 Å². The van der Waals surface area contributed by atoms with Crippen molar-refractivity contribution in [1.82, 2.24) is 0 Å². The van der Waals surface area contributed by atoms with Crippen molar-refractivity contribution in [1.29, 1.82) is 0 Å². The number of carbonyl (C=O) groups excluding carboxylic acids is 2. The van der Waals surface area contributed by atoms with Crippen LogP contribution in [-0.4, -0.2) is 145 Å². The zero-order valence-corrected chi connectivity index (χ0v) is 26.9. The zero-order chi connectivity index (χ0) is 7.15. The van der Waals surface area contributed by atoms with Crippen molar-refractivity contribution in [3.63, 3.8) is 0 Å². The second kappa shape index (κ2) is 95.8. The Balaban J connectivity index is -0.00000000101. The molecule has 0 unspecified atom stereocenters. The Labute approximate surface area is 238 Å². The average Bonchev–Trinajstić information content (AvgIpc) is 1.25. The van der Waals surface area contributed by atoms with Crippen molar-refractivity contribution < 1.29 is 108 Å². The summed E-state index contributed by atoms with van der Waals surface area (Å²) in [6, 6.07) is 0. The molecule has 0 aromatic rings. The molecule has 0 aliphatic rings. The summed E-state index contributed by atoms with van der Waals surface area (Å²) < 4.78 is 0. The molecule has 0 aliphatic heterocycles. The summed E-state index contributed by atoms with van der Waals surface area (Å²) in [5.41, 5.74) is 0. The van der Waals surface area contributed by atoms with Crippen LogP contribution in [0, 0.1) is 0 Å². The SMILES string of the molecule is O=C([O-])[O-].O=C([O-])[O-].[Al].[Al].[Al].[H-].[H-].[H-].[H-].[H-].[H-].[Mg+2].[Mg+2].[Mg+2].[OH-].[OH-].[Zn+2].[Zn+2].[Zn+2]. The first kappa shape index (κ1) is 110. The Morgan fingerprint density at radius 2 is 0.579 bits per heavy atom. The van der Waals surface area contributed by atoms with Gasteiger partial charge in [-0.05, 0) is 12.3 Å². The van der Waals surface area contributed by atoms with Gasteiger partial charge in [0.15, 0.2) is 0 Å². The Morgan fingerprint density at radius 3 is 0.579 bits per heavy atom. The Kier molecular flexibility index (Phi) is 553. The average molecular weight is 510 g/mol. The molecule has 0 atom stereocenters. The van der Waals surface area contributed by atoms with Gasteiger partial charge in [0.25, 0.3) is 0 Å². The molecule has 17 heteroatoms. The minimum absolute atomic E-state index is 0. The van der Waals surface area contributed by atoms with Gasteiger partial charge in [-0.3, -0.25) is 0 Å². The minimum Gasteiger partial charge on any atom is -1.00 e. The van der Waals surface area contributed by atoms with Crippen molar-refractivity contribution in [2.24, 2.45) is 0 Å². The number of carboxylic acid groups (broad SMARTS) is 4. The molecule has 0 saturated heterocycles. The standard InChI is InChI=1S/2CH2O3.3Al.3Mg.2H2O.3Zn.6H/c2*2-1(3)4;;;;;;;;;;;;;;;;;/h2*(H2,2,3,4);;;;;;;2*1H2;;;;;;;;;/q;;;;;3*+2;;;3*+2;6*-1/p-6. The summed E-state index contributed by atoms with van der Waals surface area (Å²) in [5, 5.41) is 33.3. The molecule has 8 nitrogen and oxygen atoms in total. The fraction of sp³-hybridized carbons (Fsp3) is 0. The maximum Gasteiger partial charge on any atom is 2.00 e. The van der Waals surface area contributed by atoms with Crippen molar-refractivity contribution in [3.05, 3.63) is 0 Å². The maximum absolute atomic E-state index is 8.33. The first-order valence-corrected chi connectivity index (χ1v) is 1.22. The first-order valence-electron chi connectivity index (χ1n) is 1.22. The second-order valence-corrected chi connectivity index (χ2v) is 0.500. The van der Waals surface area contributed by atoms with Crippen LogP contribution in [0.4, 0.5) is 9.59 Å². The van der Waals surface area contributed by atoms with Crippen LogP contribution < -0.4 is 20.4 Å². The summed E-state index contributed by atoms with van der Waals surface area (Å²) in [7, 11) is 0. The summed E-state index contributed by atoms with van der Waals surface area (Å²) in [5.74, 6) is 0. The zero-order valence-electron chi connectivity index (χ0n) is 16.3. The van der Waals surface area contributed by atoms with Gasteiger partial charge in [0, 0.05) is 52.1 Å². The van der Waals surface area contributed by atoms with E-state index in [1.54, 1.807) is 0 Å². The van der Waals surface area contributed by atoms with Gasteiger partial charge in [-0.2, -0.15) is 0 Å². The molecule has 0 aliphatic carbocycles. The maximum atomic E-state index is 8.33. The first-order chi connectivity index (χ1) is 3.46. The van der Waals surface area contributed by atoms with E-state index in [-0.39, 0.29) is 199 Å². The third-order valence-electron chi connectivity index (χ3n) is 0. The Bertz CT molecular complexity index is 118. The van der Waals surface area contributed by atoms with Crippen LogP contribution in [0.1, 0.15) is 8.56 Å². The fourth-order valence-corrected chi connectivity index (χ4v) is 0. The van der Waals surface area contributed by atoms with E-state index in [1.807, 2.05) is 0 Å². The third kappa shape index (κ3) is 509. The predicted octanol–water partition coefficient (Wildman–Crippen LogP) is -6.86. The Morgan fingerprint density at radius 1 is 0.579 bits per heavy atom. The molecular formula is C2H8Al3Mg3O8Zn3. The molecule has 9 radical (unpaired) electrons. The molecule has 0 saturated carbocycles. The topological polar surface area (TPSA) is 186 Å². The summed E-state index contributed by atoms with van der Waals surface area (Å²) in [4.78, 5) is 16.7. The van der Waals surface area contributed by atoms with Gasteiger partial charge in [-0.1, -0.05) is 0 Å². The van der Waals surface area contributed by atoms with E-state index in [9.17, 15) is 0 Å². The van der Waals surface area contributed by atoms with Crippen molar-refractivity contribution >= 4 is 134 Å². The third-order valence-corrected chi connectivity index (χ3v) is 0. The van der Waals surface area contributed by atoms with Gasteiger partial charge in [0.1, 0.15) is 0 Å². The van der Waals surface area contributed by atoms with Crippen LogP contribution >= 0.6 is 0 Å². The second-order valence-electron chi connectivity index (χ2n) is 0.500. The molecule has 0 heterocycles. The summed E-state index contributed by atoms with van der Waals surface area (Å²) >= 11 is 0. The van der Waals surface area contributed by atoms with Crippen molar-refractivity contribution in [2.75, 3.05) is 0 Å². The van der Waals surface area contributed by atoms with Crippen LogP contribution in [0.3, 0.4) is 0 Å². The molecule has 0 bridgehead atoms. The molecule has 0 rings (SSSR count). The summed E-state index contributed by atoms with van der Waals surface area (Å²) in [6.45, 7) is 0. The van der Waals surface area contributed by atoms with E-state index in [2.05, 4.69) is 0 Å². The molecular weight excluding hydrogens is 502 g/mol. The van der Waals surface area contributed by atoms with E-state index >= 15 is 0 Å². The number of hydrogen-bond acceptors (Lipinski definition) is 8. The van der Waals surface area contributed by atoms with E-state index in [0.717, 1.165) is 0 Å². The minimum atomic E-state index is -2.33. The van der Waals surface area contributed by atoms with E-state index in [1.165, 1.54) is 0 Å². The largest absolute Gasteiger partial charge is 2.00 e. The fourth-order valence-electron chi connectivity index (χ4n) is 0. The van der Waals surface area contributed by atoms with Gasteiger partial charge < -0.3 is 49.5 Å². The molecule has 0 aromatic carbocycles. The Hall–Kier alpha value is 4.23. The van der Waals surface area contributed by atoms with Gasteiger partial charge in [-0.25, -0.2) is 0 Å². The molecule has 0 aromatic heterocycles. The molecule has 85 valence electrons. The van der Waals surface area contributed by atoms with Crippen LogP contribution in [0.25, 0.3) is 0 Å². The van der Waals surface area contributed by atoms with E-state index < -0.39 is 12.3 Å². The predicted molar refractivity (Wildman–Crippen MR) is 55.9 cm³/mol. The van der Waals surface area contributed by atoms with Gasteiger partial charge in [0.05, 0.1) is 0 Å².